The predicted molar refractivity (Wildman–Crippen MR) is 96.8 cm³/mol. The van der Waals surface area contributed by atoms with Crippen molar-refractivity contribution in [1.82, 2.24) is 4.90 Å². The zero-order chi connectivity index (χ0) is 18.0. The molecule has 1 aliphatic heterocycles. The Morgan fingerprint density at radius 3 is 2.28 bits per heavy atom. The molecule has 5 nitrogen and oxygen atoms in total. The normalized spacial score (nSPS) is 28.4. The first-order valence-corrected chi connectivity index (χ1v) is 8.63. The maximum atomic E-state index is 11.9. The van der Waals surface area contributed by atoms with Crippen molar-refractivity contribution in [3.8, 4) is 0 Å². The summed E-state index contributed by atoms with van der Waals surface area (Å²) in [7, 11) is 0. The van der Waals surface area contributed by atoms with Crippen LogP contribution in [0, 0.1) is 10.1 Å². The van der Waals surface area contributed by atoms with Gasteiger partial charge in [-0.1, -0.05) is 60.7 Å². The van der Waals surface area contributed by atoms with E-state index in [1.807, 2.05) is 60.7 Å². The summed E-state index contributed by atoms with van der Waals surface area (Å²) in [5.41, 5.74) is 0.649. The fourth-order valence-corrected chi connectivity index (χ4v) is 3.89. The first-order valence-electron chi connectivity index (χ1n) is 8.63. The van der Waals surface area contributed by atoms with Crippen molar-refractivity contribution < 1.29 is 10.0 Å². The summed E-state index contributed by atoms with van der Waals surface area (Å²) in [5.74, 6) is 0. The molecule has 2 aromatic carbocycles. The second-order valence-electron chi connectivity index (χ2n) is 7.02. The monoisotopic (exact) mass is 340 g/mol. The maximum Gasteiger partial charge on any atom is 0.260 e. The molecule has 25 heavy (non-hydrogen) atoms. The molecule has 0 amide bonds. The molecule has 1 fully saturated rings. The van der Waals surface area contributed by atoms with E-state index in [0.717, 1.165) is 11.1 Å². The Bertz CT molecular complexity index is 718. The van der Waals surface area contributed by atoms with Gasteiger partial charge in [0.1, 0.15) is 11.6 Å². The molecule has 1 N–H and O–H groups in total. The van der Waals surface area contributed by atoms with Crippen molar-refractivity contribution in [2.75, 3.05) is 6.54 Å². The van der Waals surface area contributed by atoms with E-state index in [-0.39, 0.29) is 11.0 Å². The molecule has 1 saturated heterocycles. The number of aliphatic hydroxyl groups is 1. The van der Waals surface area contributed by atoms with Gasteiger partial charge in [-0.15, -0.1) is 0 Å². The lowest BCUT2D eigenvalue weighted by atomic mass is 9.79. The molecule has 0 saturated carbocycles. The summed E-state index contributed by atoms with van der Waals surface area (Å²) in [6.07, 6.45) is 0.374. The van der Waals surface area contributed by atoms with Crippen molar-refractivity contribution >= 4 is 0 Å². The summed E-state index contributed by atoms with van der Waals surface area (Å²) in [4.78, 5) is 13.7. The SMILES string of the molecule is C[C@H](c1ccccc1)N1CC[C@@](C)(O)[C@@H]([N+](=O)[O-])[C@@H]1c1ccccc1. The van der Waals surface area contributed by atoms with Crippen LogP contribution in [-0.4, -0.2) is 33.1 Å². The van der Waals surface area contributed by atoms with Gasteiger partial charge in [-0.2, -0.15) is 0 Å². The van der Waals surface area contributed by atoms with Crippen molar-refractivity contribution in [3.05, 3.63) is 81.9 Å². The quantitative estimate of drug-likeness (QED) is 0.682. The first-order chi connectivity index (χ1) is 11.9. The second kappa shape index (κ2) is 6.94. The number of nitrogens with zero attached hydrogens (tertiary/aromatic N) is 2. The number of benzene rings is 2. The molecule has 0 bridgehead atoms. The number of nitro groups is 1. The molecule has 1 aliphatic rings. The van der Waals surface area contributed by atoms with Crippen LogP contribution >= 0.6 is 0 Å². The largest absolute Gasteiger partial charge is 0.383 e. The van der Waals surface area contributed by atoms with Crippen LogP contribution < -0.4 is 0 Å². The highest BCUT2D eigenvalue weighted by Crippen LogP contribution is 2.42. The van der Waals surface area contributed by atoms with Gasteiger partial charge in [0.2, 0.25) is 0 Å². The summed E-state index contributed by atoms with van der Waals surface area (Å²) in [5, 5.41) is 22.6. The highest BCUT2D eigenvalue weighted by Gasteiger charge is 2.54. The molecule has 0 unspecified atom stereocenters. The van der Waals surface area contributed by atoms with Gasteiger partial charge in [0.25, 0.3) is 6.04 Å². The summed E-state index contributed by atoms with van der Waals surface area (Å²) < 4.78 is 0. The van der Waals surface area contributed by atoms with E-state index in [1.54, 1.807) is 6.92 Å². The lowest BCUT2D eigenvalue weighted by Crippen LogP contribution is -2.59. The van der Waals surface area contributed by atoms with Crippen molar-refractivity contribution in [1.29, 1.82) is 0 Å². The average molecular weight is 340 g/mol. The molecule has 0 aromatic heterocycles. The van der Waals surface area contributed by atoms with Crippen molar-refractivity contribution in [3.63, 3.8) is 0 Å². The Morgan fingerprint density at radius 2 is 1.72 bits per heavy atom. The van der Waals surface area contributed by atoms with Crippen molar-refractivity contribution in [2.24, 2.45) is 0 Å². The molecule has 0 spiro atoms. The molecular formula is C20H24N2O3. The molecule has 1 heterocycles. The van der Waals surface area contributed by atoms with Gasteiger partial charge in [0, 0.05) is 17.5 Å². The van der Waals surface area contributed by atoms with Crippen LogP contribution in [0.15, 0.2) is 60.7 Å². The van der Waals surface area contributed by atoms with Crippen LogP contribution in [0.2, 0.25) is 0 Å². The van der Waals surface area contributed by atoms with Gasteiger partial charge in [-0.3, -0.25) is 15.0 Å². The van der Waals surface area contributed by atoms with Crippen LogP contribution in [0.25, 0.3) is 0 Å². The summed E-state index contributed by atoms with van der Waals surface area (Å²) in [6.45, 7) is 4.26. The van der Waals surface area contributed by atoms with E-state index in [1.165, 1.54) is 0 Å². The molecule has 0 radical (unpaired) electrons. The Balaban J connectivity index is 2.05. The second-order valence-corrected chi connectivity index (χ2v) is 7.02. The molecule has 3 rings (SSSR count). The minimum Gasteiger partial charge on any atom is -0.383 e. The summed E-state index contributed by atoms with van der Waals surface area (Å²) in [6, 6.07) is 18.0. The van der Waals surface area contributed by atoms with E-state index in [9.17, 15) is 15.2 Å². The fourth-order valence-electron chi connectivity index (χ4n) is 3.89. The van der Waals surface area contributed by atoms with E-state index in [4.69, 9.17) is 0 Å². The third-order valence-electron chi connectivity index (χ3n) is 5.32. The standard InChI is InChI=1S/C20H24N2O3/c1-15(16-9-5-3-6-10-16)21-14-13-20(2,23)19(22(24)25)18(21)17-11-7-4-8-12-17/h3-12,15,18-19,23H,13-14H2,1-2H3/t15-,18+,19+,20-/m1/s1. The zero-order valence-electron chi connectivity index (χ0n) is 14.6. The Kier molecular flexibility index (Phi) is 4.88. The maximum absolute atomic E-state index is 11.9. The Hall–Kier alpha value is -2.24. The minimum atomic E-state index is -1.34. The molecule has 2 aromatic rings. The number of likely N-dealkylation sites (tertiary alicyclic amines) is 1. The highest BCUT2D eigenvalue weighted by molar-refractivity contribution is 5.25. The lowest BCUT2D eigenvalue weighted by Gasteiger charge is -2.46. The molecule has 5 heteroatoms. The van der Waals surface area contributed by atoms with Crippen LogP contribution in [0.3, 0.4) is 0 Å². The Morgan fingerprint density at radius 1 is 1.16 bits per heavy atom. The molecular weight excluding hydrogens is 316 g/mol. The van der Waals surface area contributed by atoms with E-state index >= 15 is 0 Å². The topological polar surface area (TPSA) is 66.6 Å². The van der Waals surface area contributed by atoms with E-state index in [2.05, 4.69) is 11.8 Å². The van der Waals surface area contributed by atoms with Gasteiger partial charge in [-0.05, 0) is 31.4 Å². The number of hydrogen-bond donors (Lipinski definition) is 1. The third kappa shape index (κ3) is 3.43. The van der Waals surface area contributed by atoms with Crippen LogP contribution in [0.1, 0.15) is 43.5 Å². The predicted octanol–water partition coefficient (Wildman–Crippen LogP) is 3.59. The van der Waals surface area contributed by atoms with Gasteiger partial charge >= 0.3 is 0 Å². The van der Waals surface area contributed by atoms with Gasteiger partial charge in [0.15, 0.2) is 0 Å². The Labute approximate surface area is 148 Å². The third-order valence-corrected chi connectivity index (χ3v) is 5.32. The fraction of sp³-hybridized carbons (Fsp3) is 0.400. The van der Waals surface area contributed by atoms with E-state index < -0.39 is 17.7 Å². The smallest absolute Gasteiger partial charge is 0.260 e. The number of piperidine rings is 1. The highest BCUT2D eigenvalue weighted by atomic mass is 16.6. The lowest BCUT2D eigenvalue weighted by molar-refractivity contribution is -0.559. The molecule has 0 aliphatic carbocycles. The first kappa shape index (κ1) is 17.6. The zero-order valence-corrected chi connectivity index (χ0v) is 14.6. The van der Waals surface area contributed by atoms with Crippen LogP contribution in [0.4, 0.5) is 0 Å². The average Bonchev–Trinajstić information content (AvgIpc) is 2.61. The summed E-state index contributed by atoms with van der Waals surface area (Å²) >= 11 is 0. The van der Waals surface area contributed by atoms with Gasteiger partial charge in [0.05, 0.1) is 0 Å². The molecule has 4 atom stereocenters. The molecule has 132 valence electrons. The number of hydrogen-bond acceptors (Lipinski definition) is 4. The minimum absolute atomic E-state index is 0.0185. The van der Waals surface area contributed by atoms with Gasteiger partial charge < -0.3 is 5.11 Å². The van der Waals surface area contributed by atoms with Crippen LogP contribution in [-0.2, 0) is 0 Å². The van der Waals surface area contributed by atoms with E-state index in [0.29, 0.717) is 13.0 Å². The van der Waals surface area contributed by atoms with Gasteiger partial charge in [-0.25, -0.2) is 0 Å². The van der Waals surface area contributed by atoms with Crippen LogP contribution in [0.5, 0.6) is 0 Å². The van der Waals surface area contributed by atoms with Crippen molar-refractivity contribution in [2.45, 2.75) is 44.0 Å². The number of rotatable bonds is 4.